The lowest BCUT2D eigenvalue weighted by Gasteiger charge is -2.15. The van der Waals surface area contributed by atoms with Crippen molar-refractivity contribution >= 4 is 43.5 Å². The van der Waals surface area contributed by atoms with Crippen molar-refractivity contribution in [3.8, 4) is 0 Å². The van der Waals surface area contributed by atoms with Crippen molar-refractivity contribution in [2.45, 2.75) is 5.92 Å². The number of alkyl halides is 1. The summed E-state index contributed by atoms with van der Waals surface area (Å²) in [6, 6.07) is 16.6. The van der Waals surface area contributed by atoms with Crippen molar-refractivity contribution in [3.63, 3.8) is 0 Å². The van der Waals surface area contributed by atoms with E-state index >= 15 is 0 Å². The van der Waals surface area contributed by atoms with Crippen LogP contribution in [0.1, 0.15) is 17.0 Å². The fourth-order valence-corrected chi connectivity index (χ4v) is 2.65. The molecule has 17 heavy (non-hydrogen) atoms. The van der Waals surface area contributed by atoms with Crippen LogP contribution < -0.4 is 0 Å². The normalized spacial score (nSPS) is 10.8. The van der Waals surface area contributed by atoms with Crippen molar-refractivity contribution < 1.29 is 0 Å². The second-order valence-electron chi connectivity index (χ2n) is 3.81. The molecular formula is C14H11Br2Cl. The van der Waals surface area contributed by atoms with Crippen molar-refractivity contribution in [2.24, 2.45) is 0 Å². The van der Waals surface area contributed by atoms with E-state index in [0.717, 1.165) is 8.95 Å². The molecule has 0 saturated heterocycles. The molecule has 0 aromatic heterocycles. The van der Waals surface area contributed by atoms with Crippen LogP contribution in [0.4, 0.5) is 0 Å². The van der Waals surface area contributed by atoms with Gasteiger partial charge in [0.1, 0.15) is 0 Å². The quantitative estimate of drug-likeness (QED) is 0.615. The van der Waals surface area contributed by atoms with Crippen LogP contribution in [0.5, 0.6) is 0 Å². The topological polar surface area (TPSA) is 0 Å². The van der Waals surface area contributed by atoms with Gasteiger partial charge in [-0.15, -0.1) is 11.6 Å². The maximum Gasteiger partial charge on any atom is 0.0333 e. The van der Waals surface area contributed by atoms with E-state index in [2.05, 4.69) is 56.1 Å². The van der Waals surface area contributed by atoms with Crippen LogP contribution in [0.2, 0.25) is 0 Å². The fourth-order valence-electron chi connectivity index (χ4n) is 1.76. The van der Waals surface area contributed by atoms with Crippen molar-refractivity contribution in [1.29, 1.82) is 0 Å². The molecule has 2 aromatic carbocycles. The van der Waals surface area contributed by atoms with Crippen LogP contribution in [0, 0.1) is 0 Å². The molecule has 0 aliphatic rings. The Morgan fingerprint density at radius 1 is 0.765 bits per heavy atom. The Morgan fingerprint density at radius 3 is 1.41 bits per heavy atom. The molecule has 0 N–H and O–H groups in total. The van der Waals surface area contributed by atoms with Crippen molar-refractivity contribution in [1.82, 2.24) is 0 Å². The summed E-state index contributed by atoms with van der Waals surface area (Å²) >= 11 is 13.0. The van der Waals surface area contributed by atoms with E-state index < -0.39 is 0 Å². The SMILES string of the molecule is ClCC(c1ccc(Br)cc1)c1ccc(Br)cc1. The van der Waals surface area contributed by atoms with Crippen molar-refractivity contribution in [2.75, 3.05) is 5.88 Å². The van der Waals surface area contributed by atoms with E-state index in [1.165, 1.54) is 11.1 Å². The van der Waals surface area contributed by atoms with E-state index in [1.54, 1.807) is 0 Å². The highest BCUT2D eigenvalue weighted by molar-refractivity contribution is 9.10. The number of benzene rings is 2. The third-order valence-corrected chi connectivity index (χ3v) is 4.06. The summed E-state index contributed by atoms with van der Waals surface area (Å²) in [4.78, 5) is 0. The average Bonchev–Trinajstić information content (AvgIpc) is 2.35. The predicted octanol–water partition coefficient (Wildman–Crippen LogP) is 5.58. The summed E-state index contributed by atoms with van der Waals surface area (Å²) in [5.74, 6) is 0.835. The minimum absolute atomic E-state index is 0.248. The number of hydrogen-bond donors (Lipinski definition) is 0. The Kier molecular flexibility index (Phi) is 4.66. The zero-order valence-corrected chi connectivity index (χ0v) is 13.0. The van der Waals surface area contributed by atoms with Crippen LogP contribution in [0.3, 0.4) is 0 Å². The standard InChI is InChI=1S/C14H11Br2Cl/c15-12-5-1-10(2-6-12)14(9-17)11-3-7-13(16)8-4-11/h1-8,14H,9H2. The first-order chi connectivity index (χ1) is 8.20. The van der Waals surface area contributed by atoms with E-state index in [1.807, 2.05) is 24.3 Å². The highest BCUT2D eigenvalue weighted by Crippen LogP contribution is 2.28. The molecule has 0 fully saturated rings. The fraction of sp³-hybridized carbons (Fsp3) is 0.143. The maximum absolute atomic E-state index is 6.09. The molecule has 0 bridgehead atoms. The van der Waals surface area contributed by atoms with E-state index in [0.29, 0.717) is 5.88 Å². The molecular weight excluding hydrogens is 363 g/mol. The Balaban J connectivity index is 2.33. The van der Waals surface area contributed by atoms with E-state index in [4.69, 9.17) is 11.6 Å². The molecule has 2 rings (SSSR count). The predicted molar refractivity (Wildman–Crippen MR) is 80.8 cm³/mol. The van der Waals surface area contributed by atoms with Gasteiger partial charge in [0, 0.05) is 20.7 Å². The first-order valence-corrected chi connectivity index (χ1v) is 7.39. The second kappa shape index (κ2) is 6.03. The number of hydrogen-bond acceptors (Lipinski definition) is 0. The minimum Gasteiger partial charge on any atom is -0.126 e. The van der Waals surface area contributed by atoms with Gasteiger partial charge >= 0.3 is 0 Å². The van der Waals surface area contributed by atoms with Gasteiger partial charge in [0.15, 0.2) is 0 Å². The lowest BCUT2D eigenvalue weighted by molar-refractivity contribution is 0.930. The lowest BCUT2D eigenvalue weighted by Crippen LogP contribution is -2.02. The average molecular weight is 375 g/mol. The maximum atomic E-state index is 6.09. The molecule has 0 nitrogen and oxygen atoms in total. The lowest BCUT2D eigenvalue weighted by atomic mass is 9.93. The summed E-state index contributed by atoms with van der Waals surface area (Å²) in [6.07, 6.45) is 0. The van der Waals surface area contributed by atoms with Gasteiger partial charge in [-0.2, -0.15) is 0 Å². The van der Waals surface area contributed by atoms with Gasteiger partial charge < -0.3 is 0 Å². The van der Waals surface area contributed by atoms with Crippen LogP contribution in [-0.4, -0.2) is 5.88 Å². The van der Waals surface area contributed by atoms with Gasteiger partial charge in [-0.05, 0) is 35.4 Å². The van der Waals surface area contributed by atoms with Gasteiger partial charge in [-0.1, -0.05) is 56.1 Å². The van der Waals surface area contributed by atoms with Gasteiger partial charge in [0.2, 0.25) is 0 Å². The Hall–Kier alpha value is -0.310. The van der Waals surface area contributed by atoms with Crippen LogP contribution in [0.15, 0.2) is 57.5 Å². The molecule has 2 aromatic rings. The second-order valence-corrected chi connectivity index (χ2v) is 5.95. The zero-order valence-electron chi connectivity index (χ0n) is 9.04. The monoisotopic (exact) mass is 372 g/mol. The van der Waals surface area contributed by atoms with Gasteiger partial charge in [0.25, 0.3) is 0 Å². The first kappa shape index (κ1) is 13.1. The van der Waals surface area contributed by atoms with Crippen LogP contribution in [0.25, 0.3) is 0 Å². The van der Waals surface area contributed by atoms with Crippen molar-refractivity contribution in [3.05, 3.63) is 68.6 Å². The Bertz CT molecular complexity index is 431. The molecule has 0 spiro atoms. The highest BCUT2D eigenvalue weighted by Gasteiger charge is 2.12. The smallest absolute Gasteiger partial charge is 0.0333 e. The largest absolute Gasteiger partial charge is 0.126 e. The summed E-state index contributed by atoms with van der Waals surface area (Å²) in [5.41, 5.74) is 2.48. The first-order valence-electron chi connectivity index (χ1n) is 5.27. The van der Waals surface area contributed by atoms with Crippen LogP contribution >= 0.6 is 43.5 Å². The molecule has 0 amide bonds. The van der Waals surface area contributed by atoms with Gasteiger partial charge in [-0.3, -0.25) is 0 Å². The highest BCUT2D eigenvalue weighted by atomic mass is 79.9. The third kappa shape index (κ3) is 3.34. The molecule has 0 unspecified atom stereocenters. The Morgan fingerprint density at radius 2 is 1.12 bits per heavy atom. The molecule has 0 radical (unpaired) electrons. The molecule has 0 aliphatic heterocycles. The minimum atomic E-state index is 0.248. The summed E-state index contributed by atoms with van der Waals surface area (Å²) in [6.45, 7) is 0. The van der Waals surface area contributed by atoms with Gasteiger partial charge in [-0.25, -0.2) is 0 Å². The zero-order chi connectivity index (χ0) is 12.3. The van der Waals surface area contributed by atoms with Gasteiger partial charge in [0.05, 0.1) is 0 Å². The van der Waals surface area contributed by atoms with E-state index in [9.17, 15) is 0 Å². The van der Waals surface area contributed by atoms with E-state index in [-0.39, 0.29) is 5.92 Å². The summed E-state index contributed by atoms with van der Waals surface area (Å²) in [7, 11) is 0. The molecule has 0 heterocycles. The summed E-state index contributed by atoms with van der Waals surface area (Å²) < 4.78 is 2.18. The molecule has 3 heteroatoms. The molecule has 0 atom stereocenters. The number of rotatable bonds is 3. The third-order valence-electron chi connectivity index (χ3n) is 2.70. The Labute approximate surface area is 123 Å². The molecule has 0 aliphatic carbocycles. The molecule has 0 saturated carbocycles. The number of halogens is 3. The summed E-state index contributed by atoms with van der Waals surface area (Å²) in [5, 5.41) is 0. The molecule has 88 valence electrons. The van der Waals surface area contributed by atoms with Crippen LogP contribution in [-0.2, 0) is 0 Å².